The van der Waals surface area contributed by atoms with Gasteiger partial charge in [0.25, 0.3) is 0 Å². The lowest BCUT2D eigenvalue weighted by atomic mass is 9.76. The van der Waals surface area contributed by atoms with E-state index in [2.05, 4.69) is 37.2 Å². The smallest absolute Gasteiger partial charge is 0.250 e. The molecular weight excluding hydrogens is 704 g/mol. The van der Waals surface area contributed by atoms with Gasteiger partial charge in [-0.05, 0) is 66.3 Å². The highest BCUT2D eigenvalue weighted by Crippen LogP contribution is 2.44. The van der Waals surface area contributed by atoms with E-state index in [0.29, 0.717) is 22.3 Å². The van der Waals surface area contributed by atoms with Crippen molar-refractivity contribution in [3.63, 3.8) is 0 Å². The molecular formula is C36H48N8O10. The van der Waals surface area contributed by atoms with Crippen molar-refractivity contribution in [2.75, 3.05) is 53.9 Å². The number of benzene rings is 2. The number of carbonyl (C=O) groups excluding carboxylic acids is 7. The molecule has 4 atom stereocenters. The summed E-state index contributed by atoms with van der Waals surface area (Å²) in [7, 11) is 4.15. The number of likely N-dealkylation sites (N-methyl/N-ethyl adjacent to an activating group) is 3. The van der Waals surface area contributed by atoms with Crippen LogP contribution in [0.25, 0.3) is 11.1 Å². The fourth-order valence-electron chi connectivity index (χ4n) is 6.16. The molecule has 2 aromatic rings. The number of phenolic OH excluding ortho intramolecular Hbond substituents is 1. The Bertz CT molecular complexity index is 1750. The van der Waals surface area contributed by atoms with E-state index in [-0.39, 0.29) is 18.1 Å². The van der Waals surface area contributed by atoms with E-state index < -0.39 is 98.4 Å². The van der Waals surface area contributed by atoms with Gasteiger partial charge in [-0.3, -0.25) is 33.6 Å². The van der Waals surface area contributed by atoms with E-state index in [1.807, 2.05) is 6.07 Å². The molecule has 4 rings (SSSR count). The van der Waals surface area contributed by atoms with E-state index in [1.165, 1.54) is 27.2 Å². The highest BCUT2D eigenvalue weighted by Gasteiger charge is 2.33. The number of amides is 7. The molecule has 0 saturated heterocycles. The van der Waals surface area contributed by atoms with Crippen molar-refractivity contribution in [2.45, 2.75) is 55.8 Å². The minimum atomic E-state index is -1.54. The minimum absolute atomic E-state index is 0.0416. The number of aromatic hydroxyl groups is 1. The van der Waals surface area contributed by atoms with Crippen molar-refractivity contribution in [3.05, 3.63) is 53.1 Å². The maximum Gasteiger partial charge on any atom is 0.250 e. The zero-order valence-electron chi connectivity index (χ0n) is 30.4. The van der Waals surface area contributed by atoms with Crippen LogP contribution >= 0.6 is 0 Å². The first-order valence-corrected chi connectivity index (χ1v) is 17.6. The van der Waals surface area contributed by atoms with Crippen LogP contribution in [0, 0.1) is 0 Å². The number of fused-ring (bicyclic) bond motifs is 5. The first-order valence-electron chi connectivity index (χ1n) is 17.6. The molecule has 0 aromatic heterocycles. The quantitative estimate of drug-likeness (QED) is 0.0987. The summed E-state index contributed by atoms with van der Waals surface area (Å²) >= 11 is 0. The van der Waals surface area contributed by atoms with Gasteiger partial charge >= 0.3 is 0 Å². The lowest BCUT2D eigenvalue weighted by Crippen LogP contribution is -2.53. The highest BCUT2D eigenvalue weighted by molar-refractivity contribution is 5.95. The molecule has 54 heavy (non-hydrogen) atoms. The second-order valence-corrected chi connectivity index (χ2v) is 13.2. The van der Waals surface area contributed by atoms with Crippen molar-refractivity contribution >= 4 is 41.4 Å². The van der Waals surface area contributed by atoms with Gasteiger partial charge in [-0.1, -0.05) is 24.6 Å². The van der Waals surface area contributed by atoms with Gasteiger partial charge in [0, 0.05) is 26.1 Å². The van der Waals surface area contributed by atoms with Crippen molar-refractivity contribution < 1.29 is 48.9 Å². The fraction of sp³-hybridized carbons (Fsp3) is 0.472. The molecule has 1 aliphatic carbocycles. The molecule has 7 amide bonds. The molecule has 1 fully saturated rings. The molecule has 0 radical (unpaired) electrons. The maximum atomic E-state index is 13.9. The van der Waals surface area contributed by atoms with Gasteiger partial charge in [0.2, 0.25) is 41.4 Å². The Labute approximate surface area is 311 Å². The zero-order chi connectivity index (χ0) is 39.5. The number of aliphatic hydroxyl groups is 2. The lowest BCUT2D eigenvalue weighted by molar-refractivity contribution is -0.140. The molecule has 18 heteroatoms. The van der Waals surface area contributed by atoms with Crippen LogP contribution in [0.4, 0.5) is 0 Å². The molecule has 2 unspecified atom stereocenters. The number of carbonyl (C=O) groups is 7. The van der Waals surface area contributed by atoms with Crippen LogP contribution < -0.4 is 37.2 Å². The standard InChI is InChI=1S/C36H48N8O10/c1-37-26(18-45)34(52)41-15-29(48)39-17-31(50)44(3)32-21-8-9-22(20-5-4-6-20)23(13-21)24-11-19(7-10-27(24)46)12-25(43-30(49)16-42-36(32)54)33(51)40-14-28(47)35(53)38-2/h7-11,13,20,25-26,28,32,37,45-47H,4-6,12,14-18H2,1-3H3,(H,38,53)(H,39,48)(H,40,51)(H,41,52)(H,42,54)(H,43,49)/t25-,26+,28?,32?/m0/s1. The maximum absolute atomic E-state index is 13.9. The average molecular weight is 753 g/mol. The molecule has 292 valence electrons. The molecule has 1 aliphatic heterocycles. The normalized spacial score (nSPS) is 18.3. The Morgan fingerprint density at radius 2 is 1.69 bits per heavy atom. The third-order valence-corrected chi connectivity index (χ3v) is 9.56. The van der Waals surface area contributed by atoms with E-state index >= 15 is 0 Å². The third kappa shape index (κ3) is 10.3. The second-order valence-electron chi connectivity index (χ2n) is 13.2. The predicted molar refractivity (Wildman–Crippen MR) is 193 cm³/mol. The topological polar surface area (TPSA) is 268 Å². The number of aliphatic hydroxyl groups excluding tert-OH is 2. The first-order chi connectivity index (χ1) is 25.8. The Morgan fingerprint density at radius 1 is 0.944 bits per heavy atom. The van der Waals surface area contributed by atoms with Crippen LogP contribution in [0.2, 0.25) is 0 Å². The Hall–Kier alpha value is -5.59. The zero-order valence-corrected chi connectivity index (χ0v) is 30.4. The molecule has 4 bridgehead atoms. The number of hydrogen-bond donors (Lipinski definition) is 10. The summed E-state index contributed by atoms with van der Waals surface area (Å²) in [6.45, 7) is -2.54. The lowest BCUT2D eigenvalue weighted by Gasteiger charge is -2.31. The van der Waals surface area contributed by atoms with E-state index in [9.17, 15) is 48.9 Å². The summed E-state index contributed by atoms with van der Waals surface area (Å²) in [4.78, 5) is 91.3. The number of hydrogen-bond acceptors (Lipinski definition) is 11. The monoisotopic (exact) mass is 752 g/mol. The number of nitrogens with one attached hydrogen (secondary N) is 7. The summed E-state index contributed by atoms with van der Waals surface area (Å²) in [5.41, 5.74) is 2.85. The van der Waals surface area contributed by atoms with Crippen molar-refractivity contribution in [3.8, 4) is 16.9 Å². The van der Waals surface area contributed by atoms with Crippen LogP contribution in [-0.2, 0) is 40.0 Å². The third-order valence-electron chi connectivity index (χ3n) is 9.56. The minimum Gasteiger partial charge on any atom is -0.507 e. The predicted octanol–water partition coefficient (Wildman–Crippen LogP) is -2.98. The fourth-order valence-corrected chi connectivity index (χ4v) is 6.16. The van der Waals surface area contributed by atoms with Crippen LogP contribution in [-0.4, -0.2) is 134 Å². The SMILES string of the molecule is CNC(=O)C(O)CNC(=O)[C@@H]1Cc2ccc(O)c(c2)-c2cc(ccc2C2CCC2)C(N(C)C(=O)CNC(=O)CNC(=O)[C@@H](CO)NC)C(=O)NCC(=O)N1. The molecule has 18 nitrogen and oxygen atoms in total. The summed E-state index contributed by atoms with van der Waals surface area (Å²) in [6, 6.07) is 6.55. The van der Waals surface area contributed by atoms with Crippen LogP contribution in [0.15, 0.2) is 36.4 Å². The van der Waals surface area contributed by atoms with Crippen LogP contribution in [0.3, 0.4) is 0 Å². The molecule has 0 spiro atoms. The molecule has 1 saturated carbocycles. The van der Waals surface area contributed by atoms with Crippen molar-refractivity contribution in [1.82, 2.24) is 42.1 Å². The number of rotatable bonds is 13. The van der Waals surface area contributed by atoms with Gasteiger partial charge in [0.1, 0.15) is 30.0 Å². The van der Waals surface area contributed by atoms with Gasteiger partial charge in [0.05, 0.1) is 32.8 Å². The van der Waals surface area contributed by atoms with Crippen LogP contribution in [0.1, 0.15) is 47.9 Å². The van der Waals surface area contributed by atoms with E-state index in [0.717, 1.165) is 29.7 Å². The molecule has 1 heterocycles. The Kier molecular flexibility index (Phi) is 14.4. The Morgan fingerprint density at radius 3 is 2.33 bits per heavy atom. The van der Waals surface area contributed by atoms with Gasteiger partial charge < -0.3 is 57.4 Å². The number of nitrogens with zero attached hydrogens (tertiary/aromatic N) is 1. The molecule has 2 aromatic carbocycles. The Balaban J connectivity index is 1.65. The average Bonchev–Trinajstić information content (AvgIpc) is 3.14. The largest absolute Gasteiger partial charge is 0.507 e. The van der Waals surface area contributed by atoms with Gasteiger partial charge in [-0.25, -0.2) is 0 Å². The molecule has 2 aliphatic rings. The molecule has 10 N–H and O–H groups in total. The summed E-state index contributed by atoms with van der Waals surface area (Å²) in [5, 5.41) is 47.7. The van der Waals surface area contributed by atoms with Gasteiger partial charge in [-0.2, -0.15) is 0 Å². The van der Waals surface area contributed by atoms with E-state index in [4.69, 9.17) is 0 Å². The van der Waals surface area contributed by atoms with Crippen molar-refractivity contribution in [2.24, 2.45) is 0 Å². The van der Waals surface area contributed by atoms with Crippen molar-refractivity contribution in [1.29, 1.82) is 0 Å². The van der Waals surface area contributed by atoms with Gasteiger partial charge in [-0.15, -0.1) is 0 Å². The summed E-state index contributed by atoms with van der Waals surface area (Å²) < 4.78 is 0. The van der Waals surface area contributed by atoms with Crippen LogP contribution in [0.5, 0.6) is 5.75 Å². The first kappa shape index (κ1) is 41.2. The summed E-state index contributed by atoms with van der Waals surface area (Å²) in [6.07, 6.45) is 1.24. The highest BCUT2D eigenvalue weighted by atomic mass is 16.3. The van der Waals surface area contributed by atoms with Gasteiger partial charge in [0.15, 0.2) is 0 Å². The number of phenols is 1. The summed E-state index contributed by atoms with van der Waals surface area (Å²) in [5.74, 6) is -4.86. The second kappa shape index (κ2) is 18.9. The van der Waals surface area contributed by atoms with E-state index in [1.54, 1.807) is 24.3 Å².